The lowest BCUT2D eigenvalue weighted by Crippen LogP contribution is -2.49. The van der Waals surface area contributed by atoms with Crippen LogP contribution in [0.2, 0.25) is 0 Å². The molecule has 0 bridgehead atoms. The minimum atomic E-state index is -4.41. The van der Waals surface area contributed by atoms with E-state index in [9.17, 15) is 18.0 Å². The van der Waals surface area contributed by atoms with Gasteiger partial charge >= 0.3 is 6.18 Å². The fraction of sp³-hybridized carbons (Fsp3) is 0.581. The zero-order valence-electron chi connectivity index (χ0n) is 24.3. The van der Waals surface area contributed by atoms with Crippen LogP contribution in [0.25, 0.3) is 0 Å². The van der Waals surface area contributed by atoms with Gasteiger partial charge in [-0.3, -0.25) is 9.69 Å². The summed E-state index contributed by atoms with van der Waals surface area (Å²) >= 11 is 0. The highest BCUT2D eigenvalue weighted by atomic mass is 19.4. The minimum absolute atomic E-state index is 0.178. The van der Waals surface area contributed by atoms with Gasteiger partial charge in [-0.15, -0.1) is 0 Å². The highest BCUT2D eigenvalue weighted by Gasteiger charge is 2.31. The third-order valence-electron chi connectivity index (χ3n) is 8.07. The maximum Gasteiger partial charge on any atom is 0.416 e. The lowest BCUT2D eigenvalue weighted by atomic mass is 9.96. The average Bonchev–Trinajstić information content (AvgIpc) is 2.91. The van der Waals surface area contributed by atoms with Crippen LogP contribution in [-0.4, -0.2) is 72.5 Å². The van der Waals surface area contributed by atoms with Crippen LogP contribution in [0, 0.1) is 13.8 Å². The summed E-state index contributed by atoms with van der Waals surface area (Å²) in [6.07, 6.45) is -2.27. The summed E-state index contributed by atoms with van der Waals surface area (Å²) in [6, 6.07) is 9.44. The van der Waals surface area contributed by atoms with Gasteiger partial charge < -0.3 is 14.5 Å². The monoisotopic (exact) mass is 547 g/mol. The summed E-state index contributed by atoms with van der Waals surface area (Å²) < 4.78 is 44.7. The van der Waals surface area contributed by atoms with Gasteiger partial charge in [0, 0.05) is 43.8 Å². The van der Waals surface area contributed by atoms with E-state index in [-0.39, 0.29) is 17.5 Å². The van der Waals surface area contributed by atoms with Crippen LogP contribution in [0.4, 0.5) is 13.2 Å². The number of carbonyl (C=O) groups is 1. The van der Waals surface area contributed by atoms with E-state index in [4.69, 9.17) is 4.74 Å². The number of hydrogen-bond acceptors (Lipinski definition) is 4. The first-order chi connectivity index (χ1) is 18.4. The Balaban J connectivity index is 1.52. The number of ether oxygens (including phenoxy) is 1. The van der Waals surface area contributed by atoms with E-state index in [0.717, 1.165) is 49.4 Å². The van der Waals surface area contributed by atoms with E-state index in [2.05, 4.69) is 63.5 Å². The van der Waals surface area contributed by atoms with Crippen molar-refractivity contribution in [2.75, 3.05) is 45.9 Å². The van der Waals surface area contributed by atoms with Crippen molar-refractivity contribution in [1.82, 2.24) is 14.7 Å². The molecule has 0 spiro atoms. The largest absolute Gasteiger partial charge is 0.493 e. The fourth-order valence-electron chi connectivity index (χ4n) is 5.30. The van der Waals surface area contributed by atoms with Crippen LogP contribution in [0.1, 0.15) is 79.2 Å². The second-order valence-corrected chi connectivity index (χ2v) is 10.8. The maximum atomic E-state index is 12.9. The molecule has 0 aromatic heterocycles. The normalized spacial score (nSPS) is 15.7. The molecule has 0 N–H and O–H groups in total. The highest BCUT2D eigenvalue weighted by molar-refractivity contribution is 5.94. The van der Waals surface area contributed by atoms with Gasteiger partial charge in [-0.25, -0.2) is 0 Å². The smallest absolute Gasteiger partial charge is 0.416 e. The second-order valence-electron chi connectivity index (χ2n) is 10.8. The van der Waals surface area contributed by atoms with E-state index >= 15 is 0 Å². The molecule has 1 heterocycles. The van der Waals surface area contributed by atoms with Crippen LogP contribution in [0.3, 0.4) is 0 Å². The summed E-state index contributed by atoms with van der Waals surface area (Å²) in [5.41, 5.74) is 3.17. The molecule has 3 rings (SSSR count). The van der Waals surface area contributed by atoms with Gasteiger partial charge in [0.1, 0.15) is 5.75 Å². The Morgan fingerprint density at radius 1 is 0.949 bits per heavy atom. The molecule has 1 saturated heterocycles. The first kappa shape index (κ1) is 31.0. The molecule has 5 nitrogen and oxygen atoms in total. The van der Waals surface area contributed by atoms with Gasteiger partial charge in [-0.1, -0.05) is 13.0 Å². The molecule has 39 heavy (non-hydrogen) atoms. The molecule has 0 radical (unpaired) electrons. The average molecular weight is 548 g/mol. The van der Waals surface area contributed by atoms with Crippen LogP contribution < -0.4 is 4.74 Å². The topological polar surface area (TPSA) is 36.0 Å². The Hall–Kier alpha value is -2.58. The van der Waals surface area contributed by atoms with Crippen molar-refractivity contribution in [2.24, 2.45) is 0 Å². The predicted octanol–water partition coefficient (Wildman–Crippen LogP) is 6.73. The number of hydrogen-bond donors (Lipinski definition) is 0. The number of rotatable bonds is 11. The van der Waals surface area contributed by atoms with Crippen LogP contribution >= 0.6 is 0 Å². The Morgan fingerprint density at radius 2 is 1.59 bits per heavy atom. The lowest BCUT2D eigenvalue weighted by molar-refractivity contribution is -0.137. The molecule has 2 aromatic rings. The number of amides is 1. The van der Waals surface area contributed by atoms with Crippen molar-refractivity contribution in [2.45, 2.75) is 72.6 Å². The van der Waals surface area contributed by atoms with E-state index in [1.165, 1.54) is 23.3 Å². The summed E-state index contributed by atoms with van der Waals surface area (Å²) in [6.45, 7) is 18.5. The van der Waals surface area contributed by atoms with Crippen LogP contribution in [0.15, 0.2) is 36.4 Å². The highest BCUT2D eigenvalue weighted by Crippen LogP contribution is 2.32. The number of nitrogens with zero attached hydrogens (tertiary/aromatic N) is 3. The molecule has 8 heteroatoms. The van der Waals surface area contributed by atoms with E-state index in [0.29, 0.717) is 38.8 Å². The molecular weight excluding hydrogens is 503 g/mol. The molecule has 1 aliphatic heterocycles. The molecule has 0 saturated carbocycles. The molecule has 1 unspecified atom stereocenters. The van der Waals surface area contributed by atoms with Crippen LogP contribution in [-0.2, 0) is 6.18 Å². The SMILES string of the molecule is CCN(CCCCOc1ccc(C(C)N2CCN(C(=O)c3ccc(C(F)(F)F)cc3)CC2)c(C)c1C)C(C)C. The summed E-state index contributed by atoms with van der Waals surface area (Å²) in [5, 5.41) is 0. The quantitative estimate of drug-likeness (QED) is 0.292. The molecule has 2 aromatic carbocycles. The third-order valence-corrected chi connectivity index (χ3v) is 8.07. The van der Waals surface area contributed by atoms with Gasteiger partial charge in [0.25, 0.3) is 5.91 Å². The predicted molar refractivity (Wildman–Crippen MR) is 150 cm³/mol. The van der Waals surface area contributed by atoms with Gasteiger partial charge in [0.2, 0.25) is 0 Å². The number of unbranched alkanes of at least 4 members (excludes halogenated alkanes) is 1. The van der Waals surface area contributed by atoms with E-state index in [1.54, 1.807) is 4.90 Å². The minimum Gasteiger partial charge on any atom is -0.493 e. The molecule has 1 atom stereocenters. The van der Waals surface area contributed by atoms with Crippen molar-refractivity contribution in [1.29, 1.82) is 0 Å². The second kappa shape index (κ2) is 13.7. The van der Waals surface area contributed by atoms with Gasteiger partial charge in [-0.05, 0) is 108 Å². The fourth-order valence-corrected chi connectivity index (χ4v) is 5.30. The molecule has 1 amide bonds. The zero-order valence-corrected chi connectivity index (χ0v) is 24.3. The summed E-state index contributed by atoms with van der Waals surface area (Å²) in [4.78, 5) is 19.4. The Bertz CT molecular complexity index is 1080. The first-order valence-electron chi connectivity index (χ1n) is 14.1. The van der Waals surface area contributed by atoms with Crippen molar-refractivity contribution >= 4 is 5.91 Å². The first-order valence-corrected chi connectivity index (χ1v) is 14.1. The molecule has 1 fully saturated rings. The van der Waals surface area contributed by atoms with E-state index < -0.39 is 11.7 Å². The molecule has 1 aliphatic rings. The molecular formula is C31H44F3N3O2. The number of halogens is 3. The van der Waals surface area contributed by atoms with Gasteiger partial charge in [0.05, 0.1) is 12.2 Å². The zero-order chi connectivity index (χ0) is 28.7. The molecule has 0 aliphatic carbocycles. The van der Waals surface area contributed by atoms with Crippen molar-refractivity contribution < 1.29 is 22.7 Å². The van der Waals surface area contributed by atoms with Gasteiger partial charge in [-0.2, -0.15) is 13.2 Å². The Morgan fingerprint density at radius 3 is 2.15 bits per heavy atom. The van der Waals surface area contributed by atoms with Crippen molar-refractivity contribution in [3.63, 3.8) is 0 Å². The number of carbonyl (C=O) groups excluding carboxylic acids is 1. The Labute approximate surface area is 231 Å². The third kappa shape index (κ3) is 7.98. The number of benzene rings is 2. The van der Waals surface area contributed by atoms with Crippen molar-refractivity contribution in [3.8, 4) is 5.75 Å². The number of alkyl halides is 3. The van der Waals surface area contributed by atoms with Crippen LogP contribution in [0.5, 0.6) is 5.75 Å². The van der Waals surface area contributed by atoms with Crippen molar-refractivity contribution in [3.05, 3.63) is 64.2 Å². The standard InChI is InChI=1S/C31H44F3N3O2/c1-7-35(22(2)3)16-8-9-21-39-29-15-14-28(23(4)24(29)5)25(6)36-17-19-37(20-18-36)30(38)26-10-12-27(13-11-26)31(32,33)34/h10-15,22,25H,7-9,16-21H2,1-6H3. The lowest BCUT2D eigenvalue weighted by Gasteiger charge is -2.39. The van der Waals surface area contributed by atoms with E-state index in [1.807, 2.05) is 0 Å². The summed E-state index contributed by atoms with van der Waals surface area (Å²) in [5.74, 6) is 0.711. The summed E-state index contributed by atoms with van der Waals surface area (Å²) in [7, 11) is 0. The molecule has 216 valence electrons. The van der Waals surface area contributed by atoms with Gasteiger partial charge in [0.15, 0.2) is 0 Å². The number of piperazine rings is 1. The maximum absolute atomic E-state index is 12.9. The Kier molecular flexibility index (Phi) is 10.8.